The van der Waals surface area contributed by atoms with Gasteiger partial charge in [0.25, 0.3) is 5.92 Å². The summed E-state index contributed by atoms with van der Waals surface area (Å²) < 4.78 is 63.3. The van der Waals surface area contributed by atoms with Crippen molar-refractivity contribution in [3.05, 3.63) is 41.2 Å². The van der Waals surface area contributed by atoms with Crippen molar-refractivity contribution in [3.63, 3.8) is 0 Å². The van der Waals surface area contributed by atoms with Crippen molar-refractivity contribution in [3.8, 4) is 11.3 Å². The highest BCUT2D eigenvalue weighted by Crippen LogP contribution is 2.42. The van der Waals surface area contributed by atoms with Crippen LogP contribution in [0.1, 0.15) is 43.7 Å². The second kappa shape index (κ2) is 9.32. The minimum absolute atomic E-state index is 0.00623. The molecule has 1 aromatic heterocycles. The molecule has 2 saturated heterocycles. The highest BCUT2D eigenvalue weighted by molar-refractivity contribution is 5.66. The van der Waals surface area contributed by atoms with Crippen molar-refractivity contribution >= 4 is 5.82 Å². The molecule has 1 aromatic carbocycles. The molecule has 0 spiro atoms. The number of likely N-dealkylation sites (tertiary alicyclic amines) is 1. The molecule has 5 nitrogen and oxygen atoms in total. The van der Waals surface area contributed by atoms with E-state index in [0.717, 1.165) is 38.4 Å². The number of anilines is 1. The number of aromatic nitrogens is 2. The van der Waals surface area contributed by atoms with Gasteiger partial charge in [-0.05, 0) is 55.4 Å². The van der Waals surface area contributed by atoms with Crippen LogP contribution in [0, 0.1) is 24.6 Å². The minimum Gasteiger partial charge on any atom is -0.381 e. The molecule has 0 amide bonds. The first kappa shape index (κ1) is 24.4. The molecule has 1 saturated carbocycles. The Kier molecular flexibility index (Phi) is 6.50. The van der Waals surface area contributed by atoms with Gasteiger partial charge in [-0.3, -0.25) is 4.90 Å². The molecule has 1 aliphatic carbocycles. The Hall–Kier alpha value is -2.26. The van der Waals surface area contributed by atoms with Crippen molar-refractivity contribution < 1.29 is 22.3 Å². The Morgan fingerprint density at radius 1 is 1.11 bits per heavy atom. The molecule has 2 aliphatic heterocycles. The topological polar surface area (TPSA) is 50.3 Å². The van der Waals surface area contributed by atoms with Gasteiger partial charge in [0.15, 0.2) is 5.82 Å². The van der Waals surface area contributed by atoms with Gasteiger partial charge in [0.05, 0.1) is 11.3 Å². The normalized spacial score (nSPS) is 26.6. The largest absolute Gasteiger partial charge is 0.381 e. The van der Waals surface area contributed by atoms with Crippen LogP contribution in [0.5, 0.6) is 0 Å². The lowest BCUT2D eigenvalue weighted by Crippen LogP contribution is -2.43. The predicted molar refractivity (Wildman–Crippen MR) is 126 cm³/mol. The molecule has 190 valence electrons. The third-order valence-corrected chi connectivity index (χ3v) is 7.81. The van der Waals surface area contributed by atoms with Crippen LogP contribution < -0.4 is 5.32 Å². The van der Waals surface area contributed by atoms with Gasteiger partial charge in [0.1, 0.15) is 11.5 Å². The van der Waals surface area contributed by atoms with Crippen molar-refractivity contribution in [1.29, 1.82) is 0 Å². The standard InChI is InChI=1S/C26H32F4N4O/c1-16-3-4-19(27)11-21(16)23-12-22(25(2,28)29)24(33-32-23)31-20-9-17-13-34(14-18(17)10-20)15-26(30)5-7-35-8-6-26/h3-4,11-12,17-18,20H,5-10,13-15H2,1-2H3,(H,31,33)/t17-,18+,20+. The van der Waals surface area contributed by atoms with Crippen LogP contribution in [-0.4, -0.2) is 59.7 Å². The van der Waals surface area contributed by atoms with E-state index in [2.05, 4.69) is 20.4 Å². The first-order valence-corrected chi connectivity index (χ1v) is 12.4. The molecule has 3 atom stereocenters. The van der Waals surface area contributed by atoms with Crippen LogP contribution in [0.25, 0.3) is 11.3 Å². The molecule has 3 fully saturated rings. The number of benzene rings is 1. The van der Waals surface area contributed by atoms with Gasteiger partial charge in [-0.2, -0.15) is 0 Å². The predicted octanol–water partition coefficient (Wildman–Crippen LogP) is 5.34. The molecule has 2 aromatic rings. The van der Waals surface area contributed by atoms with E-state index in [0.29, 0.717) is 50.0 Å². The summed E-state index contributed by atoms with van der Waals surface area (Å²) in [5.74, 6) is -2.71. The lowest BCUT2D eigenvalue weighted by atomic mass is 9.96. The number of nitrogens with one attached hydrogen (secondary N) is 1. The maximum Gasteiger partial charge on any atom is 0.274 e. The number of ether oxygens (including phenoxy) is 1. The fraction of sp³-hybridized carbons (Fsp3) is 0.615. The van der Waals surface area contributed by atoms with Crippen LogP contribution in [-0.2, 0) is 10.7 Å². The van der Waals surface area contributed by atoms with E-state index in [9.17, 15) is 13.2 Å². The van der Waals surface area contributed by atoms with Crippen LogP contribution in [0.4, 0.5) is 23.4 Å². The van der Waals surface area contributed by atoms with Gasteiger partial charge in [-0.1, -0.05) is 6.07 Å². The first-order chi connectivity index (χ1) is 16.6. The average Bonchev–Trinajstić information content (AvgIpc) is 3.33. The summed E-state index contributed by atoms with van der Waals surface area (Å²) in [4.78, 5) is 2.22. The maximum atomic E-state index is 15.1. The molecule has 35 heavy (non-hydrogen) atoms. The third-order valence-electron chi connectivity index (χ3n) is 7.81. The van der Waals surface area contributed by atoms with Crippen LogP contribution >= 0.6 is 0 Å². The van der Waals surface area contributed by atoms with Crippen LogP contribution in [0.15, 0.2) is 24.3 Å². The summed E-state index contributed by atoms with van der Waals surface area (Å²) in [5, 5.41) is 11.5. The SMILES string of the molecule is Cc1ccc(F)cc1-c1cc(C(C)(F)F)c(N[C@H]2C[C@@H]3CN(CC4(F)CCOCC4)C[C@@H]3C2)nn1. The molecule has 3 heterocycles. The van der Waals surface area contributed by atoms with E-state index >= 15 is 4.39 Å². The van der Waals surface area contributed by atoms with E-state index in [1.165, 1.54) is 18.2 Å². The zero-order chi connectivity index (χ0) is 24.8. The Labute approximate surface area is 203 Å². The summed E-state index contributed by atoms with van der Waals surface area (Å²) >= 11 is 0. The van der Waals surface area contributed by atoms with Gasteiger partial charge in [0.2, 0.25) is 0 Å². The molecular formula is C26H32F4N4O. The second-order valence-corrected chi connectivity index (χ2v) is 10.6. The van der Waals surface area contributed by atoms with Gasteiger partial charge in [0, 0.05) is 64.2 Å². The third kappa shape index (κ3) is 5.31. The Morgan fingerprint density at radius 3 is 2.46 bits per heavy atom. The monoisotopic (exact) mass is 492 g/mol. The number of alkyl halides is 3. The number of fused-ring (bicyclic) bond motifs is 1. The second-order valence-electron chi connectivity index (χ2n) is 10.6. The van der Waals surface area contributed by atoms with Crippen molar-refractivity contribution in [2.75, 3.05) is 38.2 Å². The fourth-order valence-electron chi connectivity index (χ4n) is 5.97. The van der Waals surface area contributed by atoms with Crippen molar-refractivity contribution in [2.24, 2.45) is 11.8 Å². The zero-order valence-electron chi connectivity index (χ0n) is 20.2. The Morgan fingerprint density at radius 2 is 1.80 bits per heavy atom. The highest BCUT2D eigenvalue weighted by atomic mass is 19.3. The maximum absolute atomic E-state index is 15.1. The molecule has 1 N–H and O–H groups in total. The van der Waals surface area contributed by atoms with E-state index in [1.807, 2.05) is 0 Å². The van der Waals surface area contributed by atoms with Gasteiger partial charge in [-0.25, -0.2) is 17.6 Å². The number of nitrogens with zero attached hydrogens (tertiary/aromatic N) is 3. The van der Waals surface area contributed by atoms with E-state index in [1.54, 1.807) is 13.0 Å². The number of hydrogen-bond acceptors (Lipinski definition) is 5. The van der Waals surface area contributed by atoms with Crippen LogP contribution in [0.3, 0.4) is 0 Å². The van der Waals surface area contributed by atoms with E-state index < -0.39 is 17.4 Å². The minimum atomic E-state index is -3.14. The molecule has 5 rings (SSSR count). The summed E-state index contributed by atoms with van der Waals surface area (Å²) in [6.45, 7) is 5.67. The molecule has 9 heteroatoms. The van der Waals surface area contributed by atoms with E-state index in [-0.39, 0.29) is 23.1 Å². The number of rotatable bonds is 6. The lowest BCUT2D eigenvalue weighted by Gasteiger charge is -2.33. The number of hydrogen-bond donors (Lipinski definition) is 1. The molecular weight excluding hydrogens is 460 g/mol. The lowest BCUT2D eigenvalue weighted by molar-refractivity contribution is -0.0248. The van der Waals surface area contributed by atoms with Gasteiger partial charge in [-0.15, -0.1) is 10.2 Å². The summed E-state index contributed by atoms with van der Waals surface area (Å²) in [6.07, 6.45) is 2.54. The van der Waals surface area contributed by atoms with Crippen molar-refractivity contribution in [1.82, 2.24) is 15.1 Å². The quantitative estimate of drug-likeness (QED) is 0.552. The zero-order valence-corrected chi connectivity index (χ0v) is 20.2. The summed E-state index contributed by atoms with van der Waals surface area (Å²) in [6, 6.07) is 5.52. The van der Waals surface area contributed by atoms with Gasteiger partial charge < -0.3 is 10.1 Å². The van der Waals surface area contributed by atoms with Gasteiger partial charge >= 0.3 is 0 Å². The molecule has 0 radical (unpaired) electrons. The summed E-state index contributed by atoms with van der Waals surface area (Å²) in [7, 11) is 0. The fourth-order valence-corrected chi connectivity index (χ4v) is 5.97. The van der Waals surface area contributed by atoms with Crippen molar-refractivity contribution in [2.45, 2.75) is 57.2 Å². The van der Waals surface area contributed by atoms with Crippen LogP contribution in [0.2, 0.25) is 0 Å². The smallest absolute Gasteiger partial charge is 0.274 e. The molecule has 0 bridgehead atoms. The molecule has 0 unspecified atom stereocenters. The summed E-state index contributed by atoms with van der Waals surface area (Å²) in [5.41, 5.74) is -0.0241. The number of aryl methyl sites for hydroxylation is 1. The Balaban J connectivity index is 1.27. The molecule has 3 aliphatic rings. The highest BCUT2D eigenvalue weighted by Gasteiger charge is 2.44. The Bertz CT molecular complexity index is 1060. The average molecular weight is 493 g/mol. The van der Waals surface area contributed by atoms with E-state index in [4.69, 9.17) is 4.74 Å². The first-order valence-electron chi connectivity index (χ1n) is 12.4. The number of halogens is 4.